The van der Waals surface area contributed by atoms with E-state index in [0.717, 1.165) is 37.8 Å². The average Bonchev–Trinajstić information content (AvgIpc) is 2.59. The SMILES string of the molecule is Cc1cccc(N2CCN(c3ncnc(NC(C)C)c3N)CC2)c1C. The fourth-order valence-corrected chi connectivity index (χ4v) is 3.26. The van der Waals surface area contributed by atoms with Gasteiger partial charge in [0.05, 0.1) is 0 Å². The van der Waals surface area contributed by atoms with Crippen LogP contribution in [0.3, 0.4) is 0 Å². The fourth-order valence-electron chi connectivity index (χ4n) is 3.26. The van der Waals surface area contributed by atoms with Gasteiger partial charge in [-0.2, -0.15) is 0 Å². The molecule has 134 valence electrons. The molecule has 25 heavy (non-hydrogen) atoms. The highest BCUT2D eigenvalue weighted by Crippen LogP contribution is 2.29. The molecule has 0 bridgehead atoms. The van der Waals surface area contributed by atoms with Crippen molar-refractivity contribution >= 4 is 23.0 Å². The molecule has 0 saturated carbocycles. The van der Waals surface area contributed by atoms with E-state index in [1.54, 1.807) is 6.33 Å². The Kier molecular flexibility index (Phi) is 4.97. The smallest absolute Gasteiger partial charge is 0.157 e. The van der Waals surface area contributed by atoms with E-state index in [2.05, 4.69) is 71.0 Å². The summed E-state index contributed by atoms with van der Waals surface area (Å²) in [5.74, 6) is 1.55. The third kappa shape index (κ3) is 3.62. The van der Waals surface area contributed by atoms with Crippen molar-refractivity contribution in [2.45, 2.75) is 33.7 Å². The lowest BCUT2D eigenvalue weighted by molar-refractivity contribution is 0.646. The molecule has 0 aliphatic carbocycles. The number of nitrogens with one attached hydrogen (secondary N) is 1. The highest BCUT2D eigenvalue weighted by Gasteiger charge is 2.22. The number of benzene rings is 1. The van der Waals surface area contributed by atoms with Crippen molar-refractivity contribution in [2.24, 2.45) is 0 Å². The first-order chi connectivity index (χ1) is 12.0. The molecular formula is C19H28N6. The molecule has 1 aromatic carbocycles. The summed E-state index contributed by atoms with van der Waals surface area (Å²) in [6.45, 7) is 12.2. The first-order valence-corrected chi connectivity index (χ1v) is 8.90. The number of piperazine rings is 1. The van der Waals surface area contributed by atoms with E-state index >= 15 is 0 Å². The van der Waals surface area contributed by atoms with Gasteiger partial charge in [0.1, 0.15) is 12.0 Å². The molecule has 0 atom stereocenters. The summed E-state index contributed by atoms with van der Waals surface area (Å²) in [4.78, 5) is 13.4. The summed E-state index contributed by atoms with van der Waals surface area (Å²) >= 11 is 0. The van der Waals surface area contributed by atoms with E-state index in [0.29, 0.717) is 5.69 Å². The molecular weight excluding hydrogens is 312 g/mol. The van der Waals surface area contributed by atoms with Crippen LogP contribution in [0, 0.1) is 13.8 Å². The van der Waals surface area contributed by atoms with Gasteiger partial charge in [-0.3, -0.25) is 0 Å². The van der Waals surface area contributed by atoms with Crippen molar-refractivity contribution in [1.82, 2.24) is 9.97 Å². The maximum absolute atomic E-state index is 6.31. The largest absolute Gasteiger partial charge is 0.393 e. The molecule has 1 aromatic heterocycles. The monoisotopic (exact) mass is 340 g/mol. The molecule has 0 spiro atoms. The molecule has 1 saturated heterocycles. The molecule has 1 fully saturated rings. The van der Waals surface area contributed by atoms with Crippen LogP contribution in [0.5, 0.6) is 0 Å². The number of nitrogens with two attached hydrogens (primary N) is 1. The van der Waals surface area contributed by atoms with Crippen molar-refractivity contribution in [3.63, 3.8) is 0 Å². The number of aryl methyl sites for hydroxylation is 1. The van der Waals surface area contributed by atoms with Gasteiger partial charge in [0.15, 0.2) is 11.6 Å². The maximum Gasteiger partial charge on any atom is 0.157 e. The minimum absolute atomic E-state index is 0.284. The van der Waals surface area contributed by atoms with Crippen molar-refractivity contribution in [2.75, 3.05) is 47.0 Å². The lowest BCUT2D eigenvalue weighted by Gasteiger charge is -2.38. The zero-order chi connectivity index (χ0) is 18.0. The second kappa shape index (κ2) is 7.17. The Morgan fingerprint density at radius 1 is 1.04 bits per heavy atom. The minimum Gasteiger partial charge on any atom is -0.393 e. The van der Waals surface area contributed by atoms with Crippen LogP contribution in [-0.2, 0) is 0 Å². The van der Waals surface area contributed by atoms with Gasteiger partial charge >= 0.3 is 0 Å². The number of rotatable bonds is 4. The van der Waals surface area contributed by atoms with E-state index in [4.69, 9.17) is 5.73 Å². The molecule has 0 unspecified atom stereocenters. The van der Waals surface area contributed by atoms with Crippen LogP contribution in [0.25, 0.3) is 0 Å². The molecule has 6 heteroatoms. The molecule has 1 aliphatic rings. The number of nitrogen functional groups attached to an aromatic ring is 1. The molecule has 0 amide bonds. The first kappa shape index (κ1) is 17.3. The van der Waals surface area contributed by atoms with Crippen LogP contribution in [0.2, 0.25) is 0 Å². The Bertz CT molecular complexity index is 735. The Morgan fingerprint density at radius 3 is 2.40 bits per heavy atom. The summed E-state index contributed by atoms with van der Waals surface area (Å²) in [7, 11) is 0. The van der Waals surface area contributed by atoms with E-state index < -0.39 is 0 Å². The zero-order valence-electron chi connectivity index (χ0n) is 15.6. The zero-order valence-corrected chi connectivity index (χ0v) is 15.6. The van der Waals surface area contributed by atoms with Gasteiger partial charge in [-0.25, -0.2) is 9.97 Å². The van der Waals surface area contributed by atoms with Gasteiger partial charge in [0, 0.05) is 37.9 Å². The van der Waals surface area contributed by atoms with Gasteiger partial charge in [-0.1, -0.05) is 12.1 Å². The highest BCUT2D eigenvalue weighted by molar-refractivity contribution is 5.75. The molecule has 6 nitrogen and oxygen atoms in total. The summed E-state index contributed by atoms with van der Waals surface area (Å²) in [6.07, 6.45) is 1.59. The normalized spacial score (nSPS) is 14.9. The number of aromatic nitrogens is 2. The Labute approximate surface area is 150 Å². The third-order valence-electron chi connectivity index (χ3n) is 4.78. The standard InChI is InChI=1S/C19H28N6/c1-13(2)23-18-17(20)19(22-12-21-18)25-10-8-24(9-11-25)16-7-5-6-14(3)15(16)4/h5-7,12-13H,8-11,20H2,1-4H3,(H,21,22,23). The van der Waals surface area contributed by atoms with Crippen molar-refractivity contribution < 1.29 is 0 Å². The Balaban J connectivity index is 1.73. The summed E-state index contributed by atoms with van der Waals surface area (Å²) in [6, 6.07) is 6.80. The molecule has 3 N–H and O–H groups in total. The minimum atomic E-state index is 0.284. The van der Waals surface area contributed by atoms with Crippen LogP contribution >= 0.6 is 0 Å². The predicted octanol–water partition coefficient (Wildman–Crippen LogP) is 2.82. The Morgan fingerprint density at radius 2 is 1.72 bits per heavy atom. The van der Waals surface area contributed by atoms with Gasteiger partial charge in [0.25, 0.3) is 0 Å². The number of hydrogen-bond acceptors (Lipinski definition) is 6. The van der Waals surface area contributed by atoms with E-state index in [-0.39, 0.29) is 6.04 Å². The molecule has 2 aromatic rings. The van der Waals surface area contributed by atoms with E-state index in [1.165, 1.54) is 16.8 Å². The summed E-state index contributed by atoms with van der Waals surface area (Å²) in [5.41, 5.74) is 11.0. The first-order valence-electron chi connectivity index (χ1n) is 8.90. The lowest BCUT2D eigenvalue weighted by Crippen LogP contribution is -2.47. The van der Waals surface area contributed by atoms with E-state index in [9.17, 15) is 0 Å². The molecule has 3 rings (SSSR count). The average molecular weight is 340 g/mol. The second-order valence-corrected chi connectivity index (χ2v) is 6.95. The predicted molar refractivity (Wildman–Crippen MR) is 106 cm³/mol. The maximum atomic E-state index is 6.31. The van der Waals surface area contributed by atoms with Crippen molar-refractivity contribution in [1.29, 1.82) is 0 Å². The van der Waals surface area contributed by atoms with Crippen LogP contribution < -0.4 is 20.9 Å². The van der Waals surface area contributed by atoms with E-state index in [1.807, 2.05) is 0 Å². The van der Waals surface area contributed by atoms with Gasteiger partial charge in [-0.05, 0) is 44.9 Å². The topological polar surface area (TPSA) is 70.3 Å². The second-order valence-electron chi connectivity index (χ2n) is 6.95. The molecule has 2 heterocycles. The quantitative estimate of drug-likeness (QED) is 0.892. The molecule has 1 aliphatic heterocycles. The number of hydrogen-bond donors (Lipinski definition) is 2. The number of anilines is 4. The van der Waals surface area contributed by atoms with Gasteiger partial charge in [0.2, 0.25) is 0 Å². The fraction of sp³-hybridized carbons (Fsp3) is 0.474. The summed E-state index contributed by atoms with van der Waals surface area (Å²) < 4.78 is 0. The van der Waals surface area contributed by atoms with Crippen molar-refractivity contribution in [3.05, 3.63) is 35.7 Å². The van der Waals surface area contributed by atoms with Crippen LogP contribution in [-0.4, -0.2) is 42.2 Å². The van der Waals surface area contributed by atoms with Crippen LogP contribution in [0.4, 0.5) is 23.0 Å². The Hall–Kier alpha value is -2.50. The molecule has 0 radical (unpaired) electrons. The summed E-state index contributed by atoms with van der Waals surface area (Å²) in [5, 5.41) is 3.29. The highest BCUT2D eigenvalue weighted by atomic mass is 15.3. The number of nitrogens with zero attached hydrogens (tertiary/aromatic N) is 4. The van der Waals surface area contributed by atoms with Crippen LogP contribution in [0.15, 0.2) is 24.5 Å². The van der Waals surface area contributed by atoms with Gasteiger partial charge < -0.3 is 20.9 Å². The van der Waals surface area contributed by atoms with Gasteiger partial charge in [-0.15, -0.1) is 0 Å². The lowest BCUT2D eigenvalue weighted by atomic mass is 10.1. The van der Waals surface area contributed by atoms with Crippen LogP contribution in [0.1, 0.15) is 25.0 Å². The van der Waals surface area contributed by atoms with Crippen molar-refractivity contribution in [3.8, 4) is 0 Å². The third-order valence-corrected chi connectivity index (χ3v) is 4.78.